The molecular weight excluding hydrogens is 473 g/mol. The first-order valence-electron chi connectivity index (χ1n) is 9.90. The van der Waals surface area contributed by atoms with E-state index in [2.05, 4.69) is 4.18 Å². The number of piperidine rings is 1. The number of likely N-dealkylation sites (tertiary alicyclic amines) is 1. The molecular formula is C19H23F3N2O8S. The van der Waals surface area contributed by atoms with Crippen LogP contribution in [0.15, 0.2) is 23.2 Å². The van der Waals surface area contributed by atoms with E-state index in [-0.39, 0.29) is 43.8 Å². The fraction of sp³-hybridized carbons (Fsp3) is 0.632. The normalized spacial score (nSPS) is 21.5. The summed E-state index contributed by atoms with van der Waals surface area (Å²) in [7, 11) is -6.07. The van der Waals surface area contributed by atoms with Crippen molar-refractivity contribution in [3.8, 4) is 0 Å². The predicted octanol–water partition coefficient (Wildman–Crippen LogP) is 2.38. The van der Waals surface area contributed by atoms with Crippen LogP contribution in [0.25, 0.3) is 0 Å². The highest BCUT2D eigenvalue weighted by Gasteiger charge is 2.58. The van der Waals surface area contributed by atoms with E-state index in [1.165, 1.54) is 11.8 Å². The zero-order valence-electron chi connectivity index (χ0n) is 18.3. The predicted molar refractivity (Wildman–Crippen MR) is 104 cm³/mol. The average molecular weight is 496 g/mol. The van der Waals surface area contributed by atoms with Crippen LogP contribution in [0.4, 0.5) is 18.0 Å². The van der Waals surface area contributed by atoms with Crippen molar-refractivity contribution in [2.24, 2.45) is 5.41 Å². The molecule has 0 saturated carbocycles. The molecule has 10 nitrogen and oxygen atoms in total. The Labute approximate surface area is 188 Å². The Morgan fingerprint density at radius 3 is 2.18 bits per heavy atom. The smallest absolute Gasteiger partial charge is 0.456 e. The average Bonchev–Trinajstić information content (AvgIpc) is 3.12. The number of halogens is 3. The number of ether oxygens (including phenoxy) is 2. The quantitative estimate of drug-likeness (QED) is 0.332. The summed E-state index contributed by atoms with van der Waals surface area (Å²) in [5.41, 5.74) is -8.16. The molecule has 1 spiro atoms. The van der Waals surface area contributed by atoms with Crippen molar-refractivity contribution in [1.29, 1.82) is 0 Å². The standard InChI is InChI=1S/C19H23F3N2O8S/c1-11-12(10-30-14(11)25)24-9-13(32-33(28,29)19(20,21)22)18(15(24)26)5-7-23(8-6-18)16(27)31-17(2,3)4/h9H,5-8,10H2,1-4H3. The molecule has 0 aromatic rings. The Bertz CT molecular complexity index is 1050. The Kier molecular flexibility index (Phi) is 5.97. The van der Waals surface area contributed by atoms with Crippen LogP contribution in [0.2, 0.25) is 0 Å². The van der Waals surface area contributed by atoms with Crippen LogP contribution in [0.1, 0.15) is 40.5 Å². The van der Waals surface area contributed by atoms with Gasteiger partial charge in [0.2, 0.25) is 5.91 Å². The van der Waals surface area contributed by atoms with Crippen LogP contribution < -0.4 is 0 Å². The summed E-state index contributed by atoms with van der Waals surface area (Å²) in [5.74, 6) is -2.21. The second-order valence-electron chi connectivity index (χ2n) is 8.85. The Hall–Kier alpha value is -2.77. The summed E-state index contributed by atoms with van der Waals surface area (Å²) < 4.78 is 77.0. The molecule has 0 aromatic heterocycles. The highest BCUT2D eigenvalue weighted by molar-refractivity contribution is 7.87. The van der Waals surface area contributed by atoms with Gasteiger partial charge in [-0.1, -0.05) is 0 Å². The summed E-state index contributed by atoms with van der Waals surface area (Å²) in [6, 6.07) is 0. The first-order valence-corrected chi connectivity index (χ1v) is 11.3. The highest BCUT2D eigenvalue weighted by Crippen LogP contribution is 2.48. The van der Waals surface area contributed by atoms with Crippen molar-refractivity contribution in [3.05, 3.63) is 23.2 Å². The van der Waals surface area contributed by atoms with Crippen molar-refractivity contribution in [1.82, 2.24) is 9.80 Å². The second-order valence-corrected chi connectivity index (χ2v) is 10.4. The minimum atomic E-state index is -6.07. The molecule has 0 aliphatic carbocycles. The zero-order chi connectivity index (χ0) is 25.0. The number of nitrogens with zero attached hydrogens (tertiary/aromatic N) is 2. The topological polar surface area (TPSA) is 120 Å². The first kappa shape index (κ1) is 24.9. The fourth-order valence-corrected chi connectivity index (χ4v) is 4.21. The number of hydrogen-bond donors (Lipinski definition) is 0. The number of alkyl halides is 3. The van der Waals surface area contributed by atoms with E-state index in [9.17, 15) is 36.0 Å². The van der Waals surface area contributed by atoms with Crippen molar-refractivity contribution in [2.75, 3.05) is 19.7 Å². The molecule has 3 aliphatic rings. The summed E-state index contributed by atoms with van der Waals surface area (Å²) in [6.07, 6.45) is -0.276. The van der Waals surface area contributed by atoms with Gasteiger partial charge in [-0.25, -0.2) is 9.59 Å². The molecule has 0 bridgehead atoms. The van der Waals surface area contributed by atoms with E-state index in [4.69, 9.17) is 9.47 Å². The molecule has 0 radical (unpaired) electrons. The van der Waals surface area contributed by atoms with Gasteiger partial charge in [0.15, 0.2) is 5.76 Å². The van der Waals surface area contributed by atoms with Gasteiger partial charge >= 0.3 is 27.7 Å². The van der Waals surface area contributed by atoms with Gasteiger partial charge in [0, 0.05) is 13.1 Å². The van der Waals surface area contributed by atoms with E-state index >= 15 is 0 Å². The number of amides is 2. The third kappa shape index (κ3) is 4.52. The van der Waals surface area contributed by atoms with Gasteiger partial charge in [-0.2, -0.15) is 21.6 Å². The van der Waals surface area contributed by atoms with Crippen molar-refractivity contribution < 1.29 is 49.6 Å². The summed E-state index contributed by atoms with van der Waals surface area (Å²) >= 11 is 0. The maximum Gasteiger partial charge on any atom is 0.534 e. The molecule has 0 unspecified atom stereocenters. The van der Waals surface area contributed by atoms with E-state index in [0.717, 1.165) is 11.1 Å². The first-order chi connectivity index (χ1) is 15.0. The van der Waals surface area contributed by atoms with Crippen molar-refractivity contribution in [3.63, 3.8) is 0 Å². The monoisotopic (exact) mass is 496 g/mol. The lowest BCUT2D eigenvalue weighted by Gasteiger charge is -2.39. The van der Waals surface area contributed by atoms with Gasteiger partial charge in [-0.05, 0) is 40.5 Å². The van der Waals surface area contributed by atoms with Crippen molar-refractivity contribution >= 4 is 28.1 Å². The zero-order valence-corrected chi connectivity index (χ0v) is 19.1. The lowest BCUT2D eigenvalue weighted by Crippen LogP contribution is -2.49. The molecule has 0 N–H and O–H groups in total. The highest BCUT2D eigenvalue weighted by atomic mass is 32.2. The van der Waals surface area contributed by atoms with Crippen LogP contribution in [0, 0.1) is 5.41 Å². The minimum Gasteiger partial charge on any atom is -0.456 e. The van der Waals surface area contributed by atoms with Gasteiger partial charge in [-0.3, -0.25) is 9.69 Å². The van der Waals surface area contributed by atoms with Gasteiger partial charge in [-0.15, -0.1) is 0 Å². The molecule has 1 fully saturated rings. The van der Waals surface area contributed by atoms with Crippen LogP contribution in [-0.2, 0) is 33.4 Å². The number of cyclic esters (lactones) is 1. The number of esters is 1. The second kappa shape index (κ2) is 7.92. The number of carbonyl (C=O) groups is 3. The molecule has 0 aromatic carbocycles. The maximum atomic E-state index is 13.4. The van der Waals surface area contributed by atoms with Gasteiger partial charge < -0.3 is 18.6 Å². The molecule has 14 heteroatoms. The van der Waals surface area contributed by atoms with Gasteiger partial charge in [0.1, 0.15) is 17.6 Å². The largest absolute Gasteiger partial charge is 0.534 e. The minimum absolute atomic E-state index is 0.0564. The molecule has 3 aliphatic heterocycles. The third-order valence-electron chi connectivity index (χ3n) is 5.47. The van der Waals surface area contributed by atoms with Gasteiger partial charge in [0.05, 0.1) is 17.5 Å². The van der Waals surface area contributed by atoms with Crippen LogP contribution >= 0.6 is 0 Å². The van der Waals surface area contributed by atoms with Gasteiger partial charge in [0.25, 0.3) is 0 Å². The van der Waals surface area contributed by atoms with Crippen molar-refractivity contribution in [2.45, 2.75) is 51.6 Å². The van der Waals surface area contributed by atoms with E-state index in [1.54, 1.807) is 20.8 Å². The number of carbonyl (C=O) groups excluding carboxylic acids is 3. The molecule has 2 amide bonds. The lowest BCUT2D eigenvalue weighted by atomic mass is 9.77. The molecule has 1 saturated heterocycles. The number of hydrogen-bond acceptors (Lipinski definition) is 8. The molecule has 33 heavy (non-hydrogen) atoms. The molecule has 3 rings (SSSR count). The van der Waals surface area contributed by atoms with Crippen LogP contribution in [0.5, 0.6) is 0 Å². The summed E-state index contributed by atoms with van der Waals surface area (Å²) in [6.45, 7) is 5.83. The fourth-order valence-electron chi connectivity index (χ4n) is 3.68. The summed E-state index contributed by atoms with van der Waals surface area (Å²) in [5, 5.41) is 0. The Morgan fingerprint density at radius 2 is 1.73 bits per heavy atom. The summed E-state index contributed by atoms with van der Waals surface area (Å²) in [4.78, 5) is 39.6. The molecule has 0 atom stereocenters. The van der Waals surface area contributed by atoms with E-state index < -0.39 is 50.4 Å². The van der Waals surface area contributed by atoms with Crippen LogP contribution in [-0.4, -0.2) is 67.0 Å². The Morgan fingerprint density at radius 1 is 1.15 bits per heavy atom. The Balaban J connectivity index is 1.94. The molecule has 3 heterocycles. The number of rotatable bonds is 3. The van der Waals surface area contributed by atoms with E-state index in [1.807, 2.05) is 0 Å². The SMILES string of the molecule is CC1=C(N2C=C(OS(=O)(=O)C(F)(F)F)C3(CCN(C(=O)OC(C)(C)C)CC3)C2=O)COC1=O. The lowest BCUT2D eigenvalue weighted by molar-refractivity contribution is -0.138. The van der Waals surface area contributed by atoms with Crippen LogP contribution in [0.3, 0.4) is 0 Å². The maximum absolute atomic E-state index is 13.4. The molecule has 184 valence electrons. The third-order valence-corrected chi connectivity index (χ3v) is 6.43. The van der Waals surface area contributed by atoms with E-state index in [0.29, 0.717) is 0 Å².